The summed E-state index contributed by atoms with van der Waals surface area (Å²) in [5.74, 6) is 0.566. The van der Waals surface area contributed by atoms with Gasteiger partial charge in [0.25, 0.3) is 5.91 Å². The number of aryl methyl sites for hydroxylation is 1. The molecule has 1 atom stereocenters. The Balaban J connectivity index is 1.84. The van der Waals surface area contributed by atoms with Crippen molar-refractivity contribution >= 4 is 5.91 Å². The highest BCUT2D eigenvalue weighted by molar-refractivity contribution is 5.95. The molecule has 1 aliphatic heterocycles. The zero-order chi connectivity index (χ0) is 10.7. The van der Waals surface area contributed by atoms with Crippen LogP contribution >= 0.6 is 0 Å². The molecule has 1 amide bonds. The number of hydrogen-bond acceptors (Lipinski definition) is 3. The molecule has 0 bridgehead atoms. The molecule has 1 aromatic rings. The maximum absolute atomic E-state index is 11.7. The van der Waals surface area contributed by atoms with E-state index >= 15 is 0 Å². The van der Waals surface area contributed by atoms with E-state index in [-0.39, 0.29) is 12.0 Å². The second-order valence-electron chi connectivity index (χ2n) is 3.74. The molecule has 1 saturated heterocycles. The predicted octanol–water partition coefficient (Wildman–Crippen LogP) is 1.50. The van der Waals surface area contributed by atoms with Crippen LogP contribution in [-0.2, 0) is 4.74 Å². The van der Waals surface area contributed by atoms with Crippen LogP contribution in [0.3, 0.4) is 0 Å². The average molecular weight is 209 g/mol. The van der Waals surface area contributed by atoms with Gasteiger partial charge in [0.2, 0.25) is 0 Å². The lowest BCUT2D eigenvalue weighted by molar-refractivity contribution is 0.0856. The molecule has 1 aliphatic rings. The average Bonchev–Trinajstić information content (AvgIpc) is 2.84. The number of carbonyl (C=O) groups is 1. The lowest BCUT2D eigenvalue weighted by atomic mass is 10.2. The summed E-state index contributed by atoms with van der Waals surface area (Å²) in [6.45, 7) is 3.18. The molecular formula is C11H15NO3. The third-order valence-electron chi connectivity index (χ3n) is 2.62. The molecule has 1 fully saturated rings. The van der Waals surface area contributed by atoms with Crippen molar-refractivity contribution in [3.63, 3.8) is 0 Å². The monoisotopic (exact) mass is 209 g/mol. The molecule has 0 saturated carbocycles. The summed E-state index contributed by atoms with van der Waals surface area (Å²) in [5.41, 5.74) is 0.605. The highest BCUT2D eigenvalue weighted by atomic mass is 16.5. The Morgan fingerprint density at radius 1 is 1.67 bits per heavy atom. The summed E-state index contributed by atoms with van der Waals surface area (Å²) in [5, 5.41) is 2.84. The van der Waals surface area contributed by atoms with Gasteiger partial charge in [0.1, 0.15) is 5.76 Å². The zero-order valence-electron chi connectivity index (χ0n) is 8.79. The van der Waals surface area contributed by atoms with Crippen LogP contribution in [0.4, 0.5) is 0 Å². The number of nitrogens with one attached hydrogen (secondary N) is 1. The number of ether oxygens (including phenoxy) is 1. The zero-order valence-corrected chi connectivity index (χ0v) is 8.79. The van der Waals surface area contributed by atoms with Gasteiger partial charge in [-0.3, -0.25) is 4.79 Å². The third-order valence-corrected chi connectivity index (χ3v) is 2.62. The molecule has 0 aromatic carbocycles. The van der Waals surface area contributed by atoms with Gasteiger partial charge in [-0.2, -0.15) is 0 Å². The van der Waals surface area contributed by atoms with E-state index in [1.807, 2.05) is 0 Å². The van der Waals surface area contributed by atoms with E-state index in [0.29, 0.717) is 17.9 Å². The fourth-order valence-corrected chi connectivity index (χ4v) is 1.73. The predicted molar refractivity (Wildman–Crippen MR) is 54.8 cm³/mol. The normalized spacial score (nSPS) is 20.5. The first-order valence-electron chi connectivity index (χ1n) is 5.21. The maximum Gasteiger partial charge on any atom is 0.254 e. The number of amides is 1. The fraction of sp³-hybridized carbons (Fsp3) is 0.545. The van der Waals surface area contributed by atoms with E-state index in [1.165, 1.54) is 6.26 Å². The summed E-state index contributed by atoms with van der Waals surface area (Å²) >= 11 is 0. The van der Waals surface area contributed by atoms with Crippen molar-refractivity contribution in [2.75, 3.05) is 13.2 Å². The van der Waals surface area contributed by atoms with Gasteiger partial charge in [-0.05, 0) is 25.8 Å². The standard InChI is InChI=1S/C11H15NO3/c1-8-10(4-6-14-8)11(13)12-7-9-3-2-5-15-9/h4,6,9H,2-3,5,7H2,1H3,(H,12,13)/t9-/m0/s1. The summed E-state index contributed by atoms with van der Waals surface area (Å²) in [6.07, 6.45) is 3.83. The van der Waals surface area contributed by atoms with Crippen LogP contribution in [0.25, 0.3) is 0 Å². The van der Waals surface area contributed by atoms with Gasteiger partial charge < -0.3 is 14.5 Å². The van der Waals surface area contributed by atoms with Crippen molar-refractivity contribution in [2.24, 2.45) is 0 Å². The van der Waals surface area contributed by atoms with Gasteiger partial charge in [-0.1, -0.05) is 0 Å². The smallest absolute Gasteiger partial charge is 0.254 e. The number of carbonyl (C=O) groups excluding carboxylic acids is 1. The van der Waals surface area contributed by atoms with Crippen LogP contribution in [0.5, 0.6) is 0 Å². The molecule has 2 rings (SSSR count). The van der Waals surface area contributed by atoms with Crippen LogP contribution in [-0.4, -0.2) is 25.2 Å². The van der Waals surface area contributed by atoms with Crippen LogP contribution in [0.2, 0.25) is 0 Å². The van der Waals surface area contributed by atoms with E-state index in [2.05, 4.69) is 5.32 Å². The Kier molecular flexibility index (Phi) is 3.06. The van der Waals surface area contributed by atoms with Gasteiger partial charge in [0.05, 0.1) is 17.9 Å². The summed E-state index contributed by atoms with van der Waals surface area (Å²) in [7, 11) is 0. The lowest BCUT2D eigenvalue weighted by Gasteiger charge is -2.10. The molecule has 15 heavy (non-hydrogen) atoms. The third kappa shape index (κ3) is 2.39. The van der Waals surface area contributed by atoms with Crippen molar-refractivity contribution in [1.82, 2.24) is 5.32 Å². The van der Waals surface area contributed by atoms with E-state index in [1.54, 1.807) is 13.0 Å². The van der Waals surface area contributed by atoms with Crippen molar-refractivity contribution in [3.05, 3.63) is 23.7 Å². The first kappa shape index (κ1) is 10.2. The largest absolute Gasteiger partial charge is 0.469 e. The van der Waals surface area contributed by atoms with E-state index in [0.717, 1.165) is 19.4 Å². The number of furan rings is 1. The second kappa shape index (κ2) is 4.49. The van der Waals surface area contributed by atoms with Crippen molar-refractivity contribution in [3.8, 4) is 0 Å². The van der Waals surface area contributed by atoms with E-state index in [4.69, 9.17) is 9.15 Å². The van der Waals surface area contributed by atoms with Gasteiger partial charge in [-0.15, -0.1) is 0 Å². The number of hydrogen-bond donors (Lipinski definition) is 1. The fourth-order valence-electron chi connectivity index (χ4n) is 1.73. The SMILES string of the molecule is Cc1occc1C(=O)NC[C@@H]1CCCO1. The van der Waals surface area contributed by atoms with Crippen molar-refractivity contribution in [2.45, 2.75) is 25.9 Å². The molecule has 1 aromatic heterocycles. The summed E-state index contributed by atoms with van der Waals surface area (Å²) in [4.78, 5) is 11.7. The molecule has 0 spiro atoms. The topological polar surface area (TPSA) is 51.5 Å². The summed E-state index contributed by atoms with van der Waals surface area (Å²) < 4.78 is 10.5. The van der Waals surface area contributed by atoms with Crippen LogP contribution in [0, 0.1) is 6.92 Å². The van der Waals surface area contributed by atoms with Gasteiger partial charge in [0.15, 0.2) is 0 Å². The first-order chi connectivity index (χ1) is 7.27. The van der Waals surface area contributed by atoms with Crippen molar-refractivity contribution in [1.29, 1.82) is 0 Å². The molecule has 1 N–H and O–H groups in total. The maximum atomic E-state index is 11.7. The first-order valence-corrected chi connectivity index (χ1v) is 5.21. The molecule has 4 heteroatoms. The Bertz CT molecular complexity index is 339. The van der Waals surface area contributed by atoms with E-state index < -0.39 is 0 Å². The minimum absolute atomic E-state index is 0.0863. The molecule has 0 radical (unpaired) electrons. The Morgan fingerprint density at radius 3 is 3.13 bits per heavy atom. The minimum Gasteiger partial charge on any atom is -0.469 e. The van der Waals surface area contributed by atoms with Gasteiger partial charge in [-0.25, -0.2) is 0 Å². The molecular weight excluding hydrogens is 194 g/mol. The van der Waals surface area contributed by atoms with Crippen molar-refractivity contribution < 1.29 is 13.9 Å². The van der Waals surface area contributed by atoms with Crippen LogP contribution in [0.15, 0.2) is 16.7 Å². The molecule has 82 valence electrons. The Labute approximate surface area is 88.6 Å². The van der Waals surface area contributed by atoms with Crippen LogP contribution < -0.4 is 5.32 Å². The number of rotatable bonds is 3. The molecule has 4 nitrogen and oxygen atoms in total. The second-order valence-corrected chi connectivity index (χ2v) is 3.74. The Hall–Kier alpha value is -1.29. The highest BCUT2D eigenvalue weighted by Crippen LogP contribution is 2.12. The van der Waals surface area contributed by atoms with Crippen LogP contribution in [0.1, 0.15) is 29.0 Å². The van der Waals surface area contributed by atoms with Gasteiger partial charge >= 0.3 is 0 Å². The summed E-state index contributed by atoms with van der Waals surface area (Å²) in [6, 6.07) is 1.68. The molecule has 0 unspecified atom stereocenters. The Morgan fingerprint density at radius 2 is 2.53 bits per heavy atom. The quantitative estimate of drug-likeness (QED) is 0.820. The van der Waals surface area contributed by atoms with E-state index in [9.17, 15) is 4.79 Å². The molecule has 2 heterocycles. The molecule has 0 aliphatic carbocycles. The highest BCUT2D eigenvalue weighted by Gasteiger charge is 2.17. The minimum atomic E-state index is -0.0863. The van der Waals surface area contributed by atoms with Gasteiger partial charge in [0, 0.05) is 13.2 Å². The lowest BCUT2D eigenvalue weighted by Crippen LogP contribution is -2.31.